The molecule has 0 radical (unpaired) electrons. The number of likely N-dealkylation sites (tertiary alicyclic amines) is 1. The van der Waals surface area contributed by atoms with Crippen molar-refractivity contribution >= 4 is 11.6 Å². The largest absolute Gasteiger partial charge is 0.299 e. The predicted octanol–water partition coefficient (Wildman–Crippen LogP) is 3.94. The van der Waals surface area contributed by atoms with Crippen LogP contribution in [0.15, 0.2) is 18.2 Å². The average Bonchev–Trinajstić information content (AvgIpc) is 2.40. The zero-order valence-electron chi connectivity index (χ0n) is 11.1. The van der Waals surface area contributed by atoms with Crippen LogP contribution < -0.4 is 0 Å². The molecule has 1 saturated heterocycles. The molecule has 0 atom stereocenters. The highest BCUT2D eigenvalue weighted by atomic mass is 35.5. The van der Waals surface area contributed by atoms with Gasteiger partial charge in [0.25, 0.3) is 0 Å². The first kappa shape index (κ1) is 13.0. The minimum absolute atomic E-state index is 0.522. The molecule has 1 heterocycles. The number of hydrogen-bond donors (Lipinski definition) is 0. The van der Waals surface area contributed by atoms with Crippen molar-refractivity contribution in [3.63, 3.8) is 0 Å². The van der Waals surface area contributed by atoms with E-state index in [1.54, 1.807) is 6.07 Å². The normalized spacial score (nSPS) is 21.9. The second-order valence-corrected chi connectivity index (χ2v) is 6.22. The lowest BCUT2D eigenvalue weighted by Gasteiger charge is -2.46. The average molecular weight is 275 g/mol. The molecule has 0 amide bonds. The molecule has 2 nitrogen and oxygen atoms in total. The molecule has 19 heavy (non-hydrogen) atoms. The van der Waals surface area contributed by atoms with E-state index < -0.39 is 0 Å². The van der Waals surface area contributed by atoms with Crippen molar-refractivity contribution in [3.8, 4) is 6.07 Å². The van der Waals surface area contributed by atoms with Gasteiger partial charge in [0.05, 0.1) is 11.6 Å². The van der Waals surface area contributed by atoms with Crippen molar-refractivity contribution in [2.45, 2.75) is 44.1 Å². The first-order valence-electron chi connectivity index (χ1n) is 7.21. The molecule has 0 spiro atoms. The summed E-state index contributed by atoms with van der Waals surface area (Å²) in [4.78, 5) is 2.60. The topological polar surface area (TPSA) is 27.0 Å². The third-order valence-electron chi connectivity index (χ3n) is 4.58. The van der Waals surface area contributed by atoms with Crippen LogP contribution in [0.1, 0.15) is 49.1 Å². The molecule has 3 heteroatoms. The molecule has 0 N–H and O–H groups in total. The molecule has 0 bridgehead atoms. The second kappa shape index (κ2) is 5.53. The first-order valence-corrected chi connectivity index (χ1v) is 7.59. The van der Waals surface area contributed by atoms with Crippen molar-refractivity contribution in [1.29, 1.82) is 5.26 Å². The quantitative estimate of drug-likeness (QED) is 0.817. The van der Waals surface area contributed by atoms with E-state index >= 15 is 0 Å². The monoisotopic (exact) mass is 274 g/mol. The van der Waals surface area contributed by atoms with Crippen LogP contribution in [-0.2, 0) is 0 Å². The minimum Gasteiger partial charge on any atom is -0.299 e. The van der Waals surface area contributed by atoms with Gasteiger partial charge in [0, 0.05) is 30.1 Å². The zero-order valence-corrected chi connectivity index (χ0v) is 11.9. The summed E-state index contributed by atoms with van der Waals surface area (Å²) in [5.41, 5.74) is 1.93. The Kier molecular flexibility index (Phi) is 3.77. The first-order chi connectivity index (χ1) is 9.28. The lowest BCUT2D eigenvalue weighted by atomic mass is 9.84. The summed E-state index contributed by atoms with van der Waals surface area (Å²) in [5.74, 6) is 0.522. The van der Waals surface area contributed by atoms with Crippen LogP contribution >= 0.6 is 11.6 Å². The second-order valence-electron chi connectivity index (χ2n) is 5.79. The van der Waals surface area contributed by atoms with E-state index in [0.717, 1.165) is 24.7 Å². The molecule has 1 aromatic rings. The fourth-order valence-corrected chi connectivity index (χ4v) is 3.61. The molecule has 0 aromatic heterocycles. The Hall–Kier alpha value is -1.04. The van der Waals surface area contributed by atoms with Gasteiger partial charge in [0.2, 0.25) is 0 Å². The maximum Gasteiger partial charge on any atom is 0.0995 e. The summed E-state index contributed by atoms with van der Waals surface area (Å²) >= 11 is 5.95. The molecule has 1 aliphatic carbocycles. The van der Waals surface area contributed by atoms with Gasteiger partial charge in [-0.05, 0) is 30.5 Å². The molecule has 1 aliphatic heterocycles. The number of nitriles is 1. The number of hydrogen-bond acceptors (Lipinski definition) is 2. The van der Waals surface area contributed by atoms with Crippen molar-refractivity contribution in [2.24, 2.45) is 0 Å². The maximum atomic E-state index is 9.20. The highest BCUT2D eigenvalue weighted by molar-refractivity contribution is 6.30. The smallest absolute Gasteiger partial charge is 0.0995 e. The molecule has 100 valence electrons. The van der Waals surface area contributed by atoms with Crippen LogP contribution in [-0.4, -0.2) is 24.0 Å². The van der Waals surface area contributed by atoms with Gasteiger partial charge < -0.3 is 0 Å². The molecule has 2 fully saturated rings. The van der Waals surface area contributed by atoms with Crippen LogP contribution in [0.4, 0.5) is 0 Å². The summed E-state index contributed by atoms with van der Waals surface area (Å²) in [6.45, 7) is 2.22. The summed E-state index contributed by atoms with van der Waals surface area (Å²) < 4.78 is 0. The lowest BCUT2D eigenvalue weighted by molar-refractivity contribution is 0.0690. The maximum absolute atomic E-state index is 9.20. The van der Waals surface area contributed by atoms with Gasteiger partial charge in [-0.2, -0.15) is 5.26 Å². The van der Waals surface area contributed by atoms with Gasteiger partial charge in [-0.1, -0.05) is 36.9 Å². The van der Waals surface area contributed by atoms with Gasteiger partial charge in [-0.3, -0.25) is 4.90 Å². The van der Waals surface area contributed by atoms with E-state index in [2.05, 4.69) is 11.0 Å². The Labute approximate surface area is 120 Å². The summed E-state index contributed by atoms with van der Waals surface area (Å²) in [7, 11) is 0. The number of rotatable bonds is 2. The van der Waals surface area contributed by atoms with Gasteiger partial charge in [-0.25, -0.2) is 0 Å². The standard InChI is InChI=1S/C16H19ClN2/c17-14-6-7-16(12(8-14)9-18)13-10-19(11-13)15-4-2-1-3-5-15/h6-8,13,15H,1-5,10-11H2. The van der Waals surface area contributed by atoms with Crippen LogP contribution in [0.5, 0.6) is 0 Å². The van der Waals surface area contributed by atoms with Crippen molar-refractivity contribution < 1.29 is 0 Å². The Morgan fingerprint density at radius 3 is 2.58 bits per heavy atom. The van der Waals surface area contributed by atoms with Crippen LogP contribution in [0.2, 0.25) is 5.02 Å². The summed E-state index contributed by atoms with van der Waals surface area (Å²) in [6.07, 6.45) is 6.90. The van der Waals surface area contributed by atoms with Crippen LogP contribution in [0, 0.1) is 11.3 Å². The summed E-state index contributed by atoms with van der Waals surface area (Å²) in [6, 6.07) is 8.80. The molecule has 2 aliphatic rings. The molecule has 1 saturated carbocycles. The van der Waals surface area contributed by atoms with Gasteiger partial charge in [-0.15, -0.1) is 0 Å². The van der Waals surface area contributed by atoms with Gasteiger partial charge >= 0.3 is 0 Å². The van der Waals surface area contributed by atoms with E-state index in [-0.39, 0.29) is 0 Å². The third-order valence-corrected chi connectivity index (χ3v) is 4.81. The molecule has 0 unspecified atom stereocenters. The van der Waals surface area contributed by atoms with Crippen molar-refractivity contribution in [1.82, 2.24) is 4.90 Å². The van der Waals surface area contributed by atoms with E-state index in [0.29, 0.717) is 10.9 Å². The van der Waals surface area contributed by atoms with Gasteiger partial charge in [0.15, 0.2) is 0 Å². The van der Waals surface area contributed by atoms with E-state index in [9.17, 15) is 5.26 Å². The number of nitrogens with zero attached hydrogens (tertiary/aromatic N) is 2. The number of benzene rings is 1. The van der Waals surface area contributed by atoms with Crippen molar-refractivity contribution in [3.05, 3.63) is 34.3 Å². The van der Waals surface area contributed by atoms with Crippen molar-refractivity contribution in [2.75, 3.05) is 13.1 Å². The Morgan fingerprint density at radius 2 is 1.89 bits per heavy atom. The number of halogens is 1. The van der Waals surface area contributed by atoms with E-state index in [1.807, 2.05) is 12.1 Å². The SMILES string of the molecule is N#Cc1cc(Cl)ccc1C1CN(C2CCCCC2)C1. The molecule has 3 rings (SSSR count). The molecular weight excluding hydrogens is 256 g/mol. The fraction of sp³-hybridized carbons (Fsp3) is 0.562. The lowest BCUT2D eigenvalue weighted by Crippen LogP contribution is -2.51. The molecular formula is C16H19ClN2. The van der Waals surface area contributed by atoms with Crippen LogP contribution in [0.25, 0.3) is 0 Å². The minimum atomic E-state index is 0.522. The van der Waals surface area contributed by atoms with E-state index in [4.69, 9.17) is 11.6 Å². The summed E-state index contributed by atoms with van der Waals surface area (Å²) in [5, 5.41) is 9.86. The highest BCUT2D eigenvalue weighted by Crippen LogP contribution is 2.35. The van der Waals surface area contributed by atoms with Crippen LogP contribution in [0.3, 0.4) is 0 Å². The Morgan fingerprint density at radius 1 is 1.16 bits per heavy atom. The predicted molar refractivity (Wildman–Crippen MR) is 77.4 cm³/mol. The molecule has 1 aromatic carbocycles. The fourth-order valence-electron chi connectivity index (χ4n) is 3.44. The Bertz CT molecular complexity index is 494. The van der Waals surface area contributed by atoms with Gasteiger partial charge in [0.1, 0.15) is 0 Å². The highest BCUT2D eigenvalue weighted by Gasteiger charge is 2.34. The van der Waals surface area contributed by atoms with E-state index in [1.165, 1.54) is 37.7 Å². The third kappa shape index (κ3) is 2.63. The zero-order chi connectivity index (χ0) is 13.2. The Balaban J connectivity index is 1.65.